The first kappa shape index (κ1) is 17.6. The van der Waals surface area contributed by atoms with Crippen molar-refractivity contribution in [2.75, 3.05) is 7.11 Å². The Balaban J connectivity index is 2.66. The Morgan fingerprint density at radius 2 is 1.96 bits per heavy atom. The van der Waals surface area contributed by atoms with E-state index in [9.17, 15) is 17.6 Å². The fraction of sp³-hybridized carbons (Fsp3) is 0.231. The summed E-state index contributed by atoms with van der Waals surface area (Å²) in [6, 6.07) is 2.13. The lowest BCUT2D eigenvalue weighted by Crippen LogP contribution is -2.12. The van der Waals surface area contributed by atoms with Crippen LogP contribution in [0.1, 0.15) is 11.3 Å². The predicted octanol–water partition coefficient (Wildman–Crippen LogP) is 4.53. The van der Waals surface area contributed by atoms with E-state index in [1.54, 1.807) is 0 Å². The second-order valence-corrected chi connectivity index (χ2v) is 5.19. The predicted molar refractivity (Wildman–Crippen MR) is 78.2 cm³/mol. The van der Waals surface area contributed by atoms with Gasteiger partial charge < -0.3 is 4.84 Å². The second-order valence-electron chi connectivity index (χ2n) is 4.40. The first-order valence-corrected chi connectivity index (χ1v) is 6.78. The summed E-state index contributed by atoms with van der Waals surface area (Å²) < 4.78 is 53.5. The van der Waals surface area contributed by atoms with Crippen LogP contribution in [0.3, 0.4) is 0 Å². The first-order chi connectivity index (χ1) is 10.7. The molecule has 124 valence electrons. The van der Waals surface area contributed by atoms with Gasteiger partial charge in [-0.1, -0.05) is 28.4 Å². The maximum absolute atomic E-state index is 14.1. The number of rotatable bonds is 3. The van der Waals surface area contributed by atoms with Crippen LogP contribution in [-0.4, -0.2) is 23.1 Å². The molecule has 0 bridgehead atoms. The molecule has 0 aliphatic carbocycles. The topological polar surface area (TPSA) is 39.4 Å². The van der Waals surface area contributed by atoms with E-state index in [0.717, 1.165) is 13.1 Å². The zero-order valence-corrected chi connectivity index (χ0v) is 13.3. The van der Waals surface area contributed by atoms with Crippen LogP contribution < -0.4 is 0 Å². The lowest BCUT2D eigenvalue weighted by Gasteiger charge is -2.06. The number of benzene rings is 1. The van der Waals surface area contributed by atoms with E-state index in [1.165, 1.54) is 19.4 Å². The van der Waals surface area contributed by atoms with Crippen molar-refractivity contribution in [1.82, 2.24) is 9.78 Å². The van der Waals surface area contributed by atoms with Gasteiger partial charge in [-0.15, -0.1) is 0 Å². The molecule has 1 aromatic carbocycles. The molecule has 0 amide bonds. The molecule has 0 unspecified atom stereocenters. The van der Waals surface area contributed by atoms with Gasteiger partial charge in [0.1, 0.15) is 18.6 Å². The molecule has 0 saturated carbocycles. The summed E-state index contributed by atoms with van der Waals surface area (Å²) in [6.07, 6.45) is -3.53. The average Bonchev–Trinajstić information content (AvgIpc) is 2.72. The van der Waals surface area contributed by atoms with Crippen molar-refractivity contribution < 1.29 is 22.4 Å². The van der Waals surface area contributed by atoms with Gasteiger partial charge in [-0.2, -0.15) is 18.3 Å². The van der Waals surface area contributed by atoms with Crippen LogP contribution in [0.25, 0.3) is 11.3 Å². The van der Waals surface area contributed by atoms with Crippen LogP contribution in [-0.2, 0) is 18.1 Å². The molecular weight excluding hydrogens is 361 g/mol. The molecule has 23 heavy (non-hydrogen) atoms. The molecule has 0 radical (unpaired) electrons. The van der Waals surface area contributed by atoms with Crippen molar-refractivity contribution in [2.24, 2.45) is 12.2 Å². The normalized spacial score (nSPS) is 12.2. The monoisotopic (exact) mass is 369 g/mol. The molecule has 0 saturated heterocycles. The highest BCUT2D eigenvalue weighted by Crippen LogP contribution is 2.40. The van der Waals surface area contributed by atoms with Gasteiger partial charge in [-0.05, 0) is 12.1 Å². The van der Waals surface area contributed by atoms with Crippen molar-refractivity contribution in [3.05, 3.63) is 39.3 Å². The molecule has 1 aromatic heterocycles. The zero-order valence-electron chi connectivity index (χ0n) is 11.7. The molecule has 0 aliphatic rings. The van der Waals surface area contributed by atoms with Crippen LogP contribution in [0.15, 0.2) is 17.3 Å². The standard InChI is InChI=1S/C13H9Cl2F4N3O/c1-22-12(13(17,18)19)10(15)11(21-22)7-3-6(5-20-23-2)8(14)4-9(7)16/h3-5H,1-2H3. The highest BCUT2D eigenvalue weighted by molar-refractivity contribution is 6.34. The summed E-state index contributed by atoms with van der Waals surface area (Å²) in [5.41, 5.74) is -1.51. The first-order valence-electron chi connectivity index (χ1n) is 6.02. The van der Waals surface area contributed by atoms with E-state index in [2.05, 4.69) is 15.1 Å². The van der Waals surface area contributed by atoms with Crippen LogP contribution in [0, 0.1) is 5.82 Å². The summed E-state index contributed by atoms with van der Waals surface area (Å²) in [5, 5.41) is 6.46. The molecule has 4 nitrogen and oxygen atoms in total. The van der Waals surface area contributed by atoms with Crippen molar-refractivity contribution in [3.63, 3.8) is 0 Å². The molecule has 0 N–H and O–H groups in total. The molecule has 2 rings (SSSR count). The Labute approximate surface area is 138 Å². The number of hydrogen-bond donors (Lipinski definition) is 0. The van der Waals surface area contributed by atoms with Crippen molar-refractivity contribution in [2.45, 2.75) is 6.18 Å². The van der Waals surface area contributed by atoms with Gasteiger partial charge in [0.15, 0.2) is 5.69 Å². The van der Waals surface area contributed by atoms with E-state index in [4.69, 9.17) is 23.2 Å². The van der Waals surface area contributed by atoms with Crippen LogP contribution in [0.5, 0.6) is 0 Å². The molecular formula is C13H9Cl2F4N3O. The number of hydrogen-bond acceptors (Lipinski definition) is 3. The molecule has 0 fully saturated rings. The molecule has 0 spiro atoms. The molecule has 0 aliphatic heterocycles. The van der Waals surface area contributed by atoms with E-state index in [0.29, 0.717) is 4.68 Å². The molecule has 1 heterocycles. The van der Waals surface area contributed by atoms with Gasteiger partial charge in [-0.3, -0.25) is 4.68 Å². The maximum atomic E-state index is 14.1. The Bertz CT molecular complexity index is 772. The van der Waals surface area contributed by atoms with Crippen molar-refractivity contribution >= 4 is 29.4 Å². The summed E-state index contributed by atoms with van der Waals surface area (Å²) >= 11 is 11.6. The number of oxime groups is 1. The third kappa shape index (κ3) is 3.42. The maximum Gasteiger partial charge on any atom is 0.434 e. The van der Waals surface area contributed by atoms with Crippen LogP contribution >= 0.6 is 23.2 Å². The highest BCUT2D eigenvalue weighted by Gasteiger charge is 2.39. The van der Waals surface area contributed by atoms with Gasteiger partial charge in [0.05, 0.1) is 16.3 Å². The summed E-state index contributed by atoms with van der Waals surface area (Å²) in [6.45, 7) is 0. The van der Waals surface area contributed by atoms with Gasteiger partial charge in [-0.25, -0.2) is 4.39 Å². The Morgan fingerprint density at radius 1 is 1.30 bits per heavy atom. The Morgan fingerprint density at radius 3 is 2.48 bits per heavy atom. The fourth-order valence-corrected chi connectivity index (χ4v) is 2.50. The fourth-order valence-electron chi connectivity index (χ4n) is 1.93. The number of aromatic nitrogens is 2. The Hall–Kier alpha value is -1.80. The van der Waals surface area contributed by atoms with E-state index >= 15 is 0 Å². The van der Waals surface area contributed by atoms with Crippen molar-refractivity contribution in [1.29, 1.82) is 0 Å². The number of halogens is 6. The average molecular weight is 370 g/mol. The van der Waals surface area contributed by atoms with E-state index in [-0.39, 0.29) is 21.8 Å². The largest absolute Gasteiger partial charge is 0.434 e. The van der Waals surface area contributed by atoms with Gasteiger partial charge in [0, 0.05) is 18.2 Å². The van der Waals surface area contributed by atoms with Gasteiger partial charge in [0.25, 0.3) is 0 Å². The van der Waals surface area contributed by atoms with Crippen LogP contribution in [0.4, 0.5) is 17.6 Å². The second kappa shape index (κ2) is 6.37. The van der Waals surface area contributed by atoms with Crippen LogP contribution in [0.2, 0.25) is 10.0 Å². The smallest absolute Gasteiger partial charge is 0.399 e. The minimum absolute atomic E-state index is 0.00940. The molecule has 10 heteroatoms. The van der Waals surface area contributed by atoms with Gasteiger partial charge >= 0.3 is 6.18 Å². The number of alkyl halides is 3. The Kier molecular flexibility index (Phi) is 4.86. The minimum Gasteiger partial charge on any atom is -0.399 e. The van der Waals surface area contributed by atoms with Crippen molar-refractivity contribution in [3.8, 4) is 11.3 Å². The summed E-state index contributed by atoms with van der Waals surface area (Å²) in [5.74, 6) is -0.863. The third-order valence-corrected chi connectivity index (χ3v) is 3.58. The molecule has 2 aromatic rings. The lowest BCUT2D eigenvalue weighted by molar-refractivity contribution is -0.143. The third-order valence-electron chi connectivity index (χ3n) is 2.90. The minimum atomic E-state index is -4.72. The summed E-state index contributed by atoms with van der Waals surface area (Å²) in [4.78, 5) is 4.49. The van der Waals surface area contributed by atoms with E-state index < -0.39 is 22.7 Å². The van der Waals surface area contributed by atoms with Gasteiger partial charge in [0.2, 0.25) is 0 Å². The zero-order chi connectivity index (χ0) is 17.4. The highest BCUT2D eigenvalue weighted by atomic mass is 35.5. The quantitative estimate of drug-likeness (QED) is 0.452. The number of aryl methyl sites for hydroxylation is 1. The van der Waals surface area contributed by atoms with E-state index in [1.807, 2.05) is 0 Å². The lowest BCUT2D eigenvalue weighted by atomic mass is 10.1. The molecule has 0 atom stereocenters. The number of nitrogens with zero attached hydrogens (tertiary/aromatic N) is 3. The SMILES string of the molecule is CON=Cc1cc(-c2nn(C)c(C(F)(F)F)c2Cl)c(F)cc1Cl. The summed E-state index contributed by atoms with van der Waals surface area (Å²) in [7, 11) is 2.36.